The lowest BCUT2D eigenvalue weighted by atomic mass is 10.1. The molecule has 0 radical (unpaired) electrons. The number of fused-ring (bicyclic) bond motifs is 1. The van der Waals surface area contributed by atoms with Crippen molar-refractivity contribution in [3.8, 4) is 17.0 Å². The van der Waals surface area contributed by atoms with Crippen LogP contribution in [0.1, 0.15) is 37.6 Å². The number of hydrogen-bond donors (Lipinski definition) is 1. The van der Waals surface area contributed by atoms with Crippen LogP contribution in [0.3, 0.4) is 0 Å². The van der Waals surface area contributed by atoms with Crippen LogP contribution >= 0.6 is 0 Å². The zero-order valence-electron chi connectivity index (χ0n) is 15.6. The Balaban J connectivity index is 1.77. The third-order valence-electron chi connectivity index (χ3n) is 4.92. The average Bonchev–Trinajstić information content (AvgIpc) is 3.20. The van der Waals surface area contributed by atoms with Crippen LogP contribution in [0.5, 0.6) is 5.75 Å². The van der Waals surface area contributed by atoms with Gasteiger partial charge in [0.2, 0.25) is 0 Å². The summed E-state index contributed by atoms with van der Waals surface area (Å²) in [5.74, 6) is 1.47. The Morgan fingerprint density at radius 1 is 1.12 bits per heavy atom. The van der Waals surface area contributed by atoms with Crippen LogP contribution < -0.4 is 4.90 Å². The third kappa shape index (κ3) is 2.85. The number of hydrogen-bond acceptors (Lipinski definition) is 4. The minimum Gasteiger partial charge on any atom is -0.508 e. The van der Waals surface area contributed by atoms with Gasteiger partial charge in [-0.25, -0.2) is 4.68 Å². The normalized spacial score (nSPS) is 14.1. The topological polar surface area (TPSA) is 59.1 Å². The van der Waals surface area contributed by atoms with E-state index in [1.165, 1.54) is 16.9 Å². The number of nitrogens with zero attached hydrogens (tertiary/aromatic N) is 5. The Hall–Kier alpha value is -2.76. The molecule has 0 saturated carbocycles. The molecule has 1 N–H and O–H groups in total. The van der Waals surface area contributed by atoms with Crippen molar-refractivity contribution in [1.29, 1.82) is 0 Å². The van der Waals surface area contributed by atoms with Crippen molar-refractivity contribution in [2.24, 2.45) is 0 Å². The molecule has 1 aliphatic heterocycles. The van der Waals surface area contributed by atoms with Crippen molar-refractivity contribution >= 4 is 5.82 Å². The van der Waals surface area contributed by atoms with Crippen LogP contribution in [0, 0.1) is 6.92 Å². The maximum absolute atomic E-state index is 9.54. The molecule has 6 nitrogen and oxygen atoms in total. The second-order valence-corrected chi connectivity index (χ2v) is 7.20. The molecule has 2 aromatic heterocycles. The molecule has 1 aliphatic rings. The molecular formula is C20H25N5O. The SMILES string of the molecule is Cc1nn2c(c1-c1ccnn1C(C)C)N(Cc1ccc(O)cc1)CCC2. The van der Waals surface area contributed by atoms with Crippen LogP contribution in [0.25, 0.3) is 11.3 Å². The molecule has 0 atom stereocenters. The van der Waals surface area contributed by atoms with E-state index in [4.69, 9.17) is 5.10 Å². The number of benzene rings is 1. The summed E-state index contributed by atoms with van der Waals surface area (Å²) in [4.78, 5) is 2.39. The Morgan fingerprint density at radius 3 is 2.62 bits per heavy atom. The molecule has 3 heterocycles. The lowest BCUT2D eigenvalue weighted by Crippen LogP contribution is -2.32. The fourth-order valence-electron chi connectivity index (χ4n) is 3.76. The Morgan fingerprint density at radius 2 is 1.88 bits per heavy atom. The van der Waals surface area contributed by atoms with Crippen molar-refractivity contribution in [2.75, 3.05) is 11.4 Å². The molecule has 0 amide bonds. The first-order valence-electron chi connectivity index (χ1n) is 9.18. The second kappa shape index (κ2) is 6.52. The maximum atomic E-state index is 9.54. The second-order valence-electron chi connectivity index (χ2n) is 7.20. The van der Waals surface area contributed by atoms with E-state index in [2.05, 4.69) is 46.2 Å². The fraction of sp³-hybridized carbons (Fsp3) is 0.400. The molecule has 0 unspecified atom stereocenters. The van der Waals surface area contributed by atoms with E-state index in [1.807, 2.05) is 18.3 Å². The predicted octanol–water partition coefficient (Wildman–Crippen LogP) is 3.75. The van der Waals surface area contributed by atoms with Gasteiger partial charge < -0.3 is 10.0 Å². The van der Waals surface area contributed by atoms with Gasteiger partial charge in [0.1, 0.15) is 11.6 Å². The average molecular weight is 351 g/mol. The minimum absolute atomic E-state index is 0.295. The van der Waals surface area contributed by atoms with E-state index < -0.39 is 0 Å². The maximum Gasteiger partial charge on any atom is 0.136 e. The molecule has 6 heteroatoms. The van der Waals surface area contributed by atoms with Gasteiger partial charge in [-0.3, -0.25) is 4.68 Å². The number of aromatic nitrogens is 4. The first-order valence-corrected chi connectivity index (χ1v) is 9.18. The summed E-state index contributed by atoms with van der Waals surface area (Å²) in [6.07, 6.45) is 2.95. The zero-order valence-corrected chi connectivity index (χ0v) is 15.6. The monoisotopic (exact) mass is 351 g/mol. The summed E-state index contributed by atoms with van der Waals surface area (Å²) >= 11 is 0. The van der Waals surface area contributed by atoms with Crippen molar-refractivity contribution in [3.63, 3.8) is 0 Å². The molecule has 4 rings (SSSR count). The Labute approximate surface area is 153 Å². The quantitative estimate of drug-likeness (QED) is 0.778. The Kier molecular flexibility index (Phi) is 4.18. The van der Waals surface area contributed by atoms with Crippen LogP contribution in [0.15, 0.2) is 36.5 Å². The van der Waals surface area contributed by atoms with Gasteiger partial charge >= 0.3 is 0 Å². The molecule has 136 valence electrons. The highest BCUT2D eigenvalue weighted by Crippen LogP contribution is 2.37. The molecule has 3 aromatic rings. The van der Waals surface area contributed by atoms with E-state index in [0.29, 0.717) is 11.8 Å². The lowest BCUT2D eigenvalue weighted by Gasteiger charge is -2.31. The number of anilines is 1. The summed E-state index contributed by atoms with van der Waals surface area (Å²) in [5.41, 5.74) is 4.52. The molecule has 0 aliphatic carbocycles. The van der Waals surface area contributed by atoms with Crippen molar-refractivity contribution < 1.29 is 5.11 Å². The number of phenols is 1. The number of aryl methyl sites for hydroxylation is 2. The lowest BCUT2D eigenvalue weighted by molar-refractivity contribution is 0.475. The fourth-order valence-corrected chi connectivity index (χ4v) is 3.76. The highest BCUT2D eigenvalue weighted by molar-refractivity contribution is 5.77. The number of phenolic OH excluding ortho intramolecular Hbond substituents is 1. The summed E-state index contributed by atoms with van der Waals surface area (Å²) in [5, 5.41) is 18.9. The minimum atomic E-state index is 0.295. The van der Waals surface area contributed by atoms with Crippen LogP contribution in [-0.4, -0.2) is 31.2 Å². The van der Waals surface area contributed by atoms with E-state index in [0.717, 1.165) is 37.4 Å². The van der Waals surface area contributed by atoms with Gasteiger partial charge in [0.15, 0.2) is 0 Å². The van der Waals surface area contributed by atoms with E-state index in [1.54, 1.807) is 12.1 Å². The molecule has 1 aromatic carbocycles. The summed E-state index contributed by atoms with van der Waals surface area (Å²) in [6, 6.07) is 9.83. The van der Waals surface area contributed by atoms with E-state index in [9.17, 15) is 5.11 Å². The van der Waals surface area contributed by atoms with Gasteiger partial charge in [-0.15, -0.1) is 0 Å². The van der Waals surface area contributed by atoms with Crippen LogP contribution in [-0.2, 0) is 13.1 Å². The van der Waals surface area contributed by atoms with Crippen LogP contribution in [0.2, 0.25) is 0 Å². The predicted molar refractivity (Wildman–Crippen MR) is 102 cm³/mol. The third-order valence-corrected chi connectivity index (χ3v) is 4.92. The largest absolute Gasteiger partial charge is 0.508 e. The molecule has 26 heavy (non-hydrogen) atoms. The summed E-state index contributed by atoms with van der Waals surface area (Å²) in [6.45, 7) is 9.12. The first kappa shape index (κ1) is 16.7. The molecular weight excluding hydrogens is 326 g/mol. The van der Waals surface area contributed by atoms with Gasteiger partial charge in [0, 0.05) is 31.9 Å². The molecule has 0 bridgehead atoms. The summed E-state index contributed by atoms with van der Waals surface area (Å²) in [7, 11) is 0. The van der Waals surface area contributed by atoms with E-state index >= 15 is 0 Å². The molecule has 0 fully saturated rings. The van der Waals surface area contributed by atoms with Crippen molar-refractivity contribution in [2.45, 2.75) is 46.3 Å². The first-order chi connectivity index (χ1) is 12.5. The zero-order chi connectivity index (χ0) is 18.3. The van der Waals surface area contributed by atoms with Gasteiger partial charge in [-0.2, -0.15) is 10.2 Å². The van der Waals surface area contributed by atoms with Gasteiger partial charge in [0.05, 0.1) is 17.0 Å². The highest BCUT2D eigenvalue weighted by Gasteiger charge is 2.27. The van der Waals surface area contributed by atoms with E-state index in [-0.39, 0.29) is 0 Å². The van der Waals surface area contributed by atoms with Crippen molar-refractivity contribution in [1.82, 2.24) is 19.6 Å². The van der Waals surface area contributed by atoms with Gasteiger partial charge in [-0.1, -0.05) is 12.1 Å². The highest BCUT2D eigenvalue weighted by atomic mass is 16.3. The van der Waals surface area contributed by atoms with Crippen LogP contribution in [0.4, 0.5) is 5.82 Å². The van der Waals surface area contributed by atoms with Gasteiger partial charge in [-0.05, 0) is 51.0 Å². The van der Waals surface area contributed by atoms with Crippen molar-refractivity contribution in [3.05, 3.63) is 47.8 Å². The smallest absolute Gasteiger partial charge is 0.136 e. The molecule has 0 spiro atoms. The number of aromatic hydroxyl groups is 1. The molecule has 0 saturated heterocycles. The standard InChI is InChI=1S/C20H25N5O/c1-14(2)25-18(9-10-21-25)19-15(3)22-24-12-4-11-23(20(19)24)13-16-5-7-17(26)8-6-16/h5-10,14,26H,4,11-13H2,1-3H3. The summed E-state index contributed by atoms with van der Waals surface area (Å²) < 4.78 is 4.20. The van der Waals surface area contributed by atoms with Gasteiger partial charge in [0.25, 0.3) is 0 Å². The number of rotatable bonds is 4. The Bertz CT molecular complexity index is 907.